The molecular formula is C14H17NO2S. The summed E-state index contributed by atoms with van der Waals surface area (Å²) in [5.74, 6) is 0.860. The Bertz CT molecular complexity index is 523. The number of aromatic nitrogens is 1. The maximum absolute atomic E-state index is 10.1. The number of nitrogens with zero attached hydrogens (tertiary/aromatic N) is 1. The van der Waals surface area contributed by atoms with Crippen LogP contribution in [0.2, 0.25) is 0 Å². The molecule has 2 rings (SSSR count). The fourth-order valence-electron chi connectivity index (χ4n) is 2.04. The van der Waals surface area contributed by atoms with Gasteiger partial charge in [0, 0.05) is 34.3 Å². The monoisotopic (exact) mass is 263 g/mol. The first-order chi connectivity index (χ1) is 8.63. The van der Waals surface area contributed by atoms with Crippen LogP contribution in [0.25, 0.3) is 0 Å². The van der Waals surface area contributed by atoms with Crippen molar-refractivity contribution >= 4 is 11.3 Å². The van der Waals surface area contributed by atoms with Crippen LogP contribution < -0.4 is 4.74 Å². The Morgan fingerprint density at radius 1 is 1.44 bits per heavy atom. The number of hydrogen-bond donors (Lipinski definition) is 1. The molecule has 1 N–H and O–H groups in total. The predicted octanol–water partition coefficient (Wildman–Crippen LogP) is 3.04. The zero-order valence-corrected chi connectivity index (χ0v) is 11.6. The normalized spacial score (nSPS) is 12.4. The second kappa shape index (κ2) is 5.50. The van der Waals surface area contributed by atoms with E-state index in [9.17, 15) is 5.11 Å². The highest BCUT2D eigenvalue weighted by Gasteiger charge is 2.15. The van der Waals surface area contributed by atoms with E-state index >= 15 is 0 Å². The Hall–Kier alpha value is -1.39. The topological polar surface area (TPSA) is 42.4 Å². The van der Waals surface area contributed by atoms with E-state index in [1.807, 2.05) is 31.4 Å². The van der Waals surface area contributed by atoms with Gasteiger partial charge in [-0.05, 0) is 25.3 Å². The summed E-state index contributed by atoms with van der Waals surface area (Å²) in [5, 5.41) is 12.1. The minimum atomic E-state index is -0.497. The van der Waals surface area contributed by atoms with Gasteiger partial charge >= 0.3 is 0 Å². The lowest BCUT2D eigenvalue weighted by Crippen LogP contribution is -2.05. The van der Waals surface area contributed by atoms with Gasteiger partial charge in [-0.25, -0.2) is 0 Å². The van der Waals surface area contributed by atoms with Gasteiger partial charge in [0.2, 0.25) is 0 Å². The lowest BCUT2D eigenvalue weighted by atomic mass is 10.1. The Labute approximate surface area is 111 Å². The summed E-state index contributed by atoms with van der Waals surface area (Å²) in [7, 11) is 1.66. The molecule has 18 heavy (non-hydrogen) atoms. The van der Waals surface area contributed by atoms with E-state index in [0.717, 1.165) is 27.4 Å². The third-order valence-electron chi connectivity index (χ3n) is 3.01. The predicted molar refractivity (Wildman–Crippen MR) is 73.2 cm³/mol. The van der Waals surface area contributed by atoms with E-state index < -0.39 is 6.10 Å². The highest BCUT2D eigenvalue weighted by atomic mass is 32.1. The molecule has 3 nitrogen and oxygen atoms in total. The van der Waals surface area contributed by atoms with E-state index in [1.165, 1.54) is 0 Å². The number of methoxy groups -OCH3 is 1. The van der Waals surface area contributed by atoms with Gasteiger partial charge in [0.25, 0.3) is 0 Å². The van der Waals surface area contributed by atoms with Crippen molar-refractivity contribution in [1.29, 1.82) is 0 Å². The Morgan fingerprint density at radius 3 is 2.83 bits per heavy atom. The quantitative estimate of drug-likeness (QED) is 0.922. The molecule has 0 saturated heterocycles. The molecule has 0 radical (unpaired) electrons. The van der Waals surface area contributed by atoms with Crippen LogP contribution in [-0.4, -0.2) is 17.2 Å². The standard InChI is InChI=1S/C14H17NO2S/c1-9-8-15-11(10(2)14(9)17-3)7-12(16)13-5-4-6-18-13/h4-6,8,12,16H,7H2,1-3H3. The number of rotatable bonds is 4. The molecule has 0 aromatic carbocycles. The van der Waals surface area contributed by atoms with Crippen LogP contribution in [0.1, 0.15) is 27.8 Å². The van der Waals surface area contributed by atoms with E-state index in [0.29, 0.717) is 6.42 Å². The molecule has 0 amide bonds. The maximum atomic E-state index is 10.1. The van der Waals surface area contributed by atoms with Crippen molar-refractivity contribution in [2.75, 3.05) is 7.11 Å². The van der Waals surface area contributed by atoms with Crippen LogP contribution in [0.5, 0.6) is 5.75 Å². The van der Waals surface area contributed by atoms with Crippen LogP contribution in [0, 0.1) is 13.8 Å². The Kier molecular flexibility index (Phi) is 3.99. The molecule has 2 heterocycles. The van der Waals surface area contributed by atoms with Gasteiger partial charge in [0.15, 0.2) is 0 Å². The molecule has 1 unspecified atom stereocenters. The highest BCUT2D eigenvalue weighted by molar-refractivity contribution is 7.10. The fourth-order valence-corrected chi connectivity index (χ4v) is 2.75. The second-order valence-electron chi connectivity index (χ2n) is 4.28. The SMILES string of the molecule is COc1c(C)cnc(CC(O)c2cccs2)c1C. The molecule has 0 aliphatic rings. The van der Waals surface area contributed by atoms with Crippen molar-refractivity contribution in [3.8, 4) is 5.75 Å². The van der Waals surface area contributed by atoms with Gasteiger partial charge in [0.1, 0.15) is 5.75 Å². The zero-order chi connectivity index (χ0) is 13.1. The van der Waals surface area contributed by atoms with Crippen LogP contribution in [0.4, 0.5) is 0 Å². The van der Waals surface area contributed by atoms with Gasteiger partial charge < -0.3 is 9.84 Å². The number of hydrogen-bond acceptors (Lipinski definition) is 4. The number of aliphatic hydroxyl groups excluding tert-OH is 1. The minimum absolute atomic E-state index is 0.497. The van der Waals surface area contributed by atoms with Crippen molar-refractivity contribution in [3.63, 3.8) is 0 Å². The summed E-state index contributed by atoms with van der Waals surface area (Å²) >= 11 is 1.56. The second-order valence-corrected chi connectivity index (χ2v) is 5.26. The number of thiophene rings is 1. The van der Waals surface area contributed by atoms with Gasteiger partial charge in [-0.2, -0.15) is 0 Å². The summed E-state index contributed by atoms with van der Waals surface area (Å²) in [6, 6.07) is 3.88. The van der Waals surface area contributed by atoms with Gasteiger partial charge in [-0.1, -0.05) is 6.07 Å². The molecule has 4 heteroatoms. The lowest BCUT2D eigenvalue weighted by Gasteiger charge is -2.14. The first kappa shape index (κ1) is 13.1. The van der Waals surface area contributed by atoms with Gasteiger partial charge in [0.05, 0.1) is 13.2 Å². The molecule has 1 atom stereocenters. The number of ether oxygens (including phenoxy) is 1. The van der Waals surface area contributed by atoms with Gasteiger partial charge in [-0.3, -0.25) is 4.98 Å². The molecule has 0 bridgehead atoms. The van der Waals surface area contributed by atoms with Crippen LogP contribution in [0.3, 0.4) is 0 Å². The van der Waals surface area contributed by atoms with E-state index in [4.69, 9.17) is 4.74 Å². The Balaban J connectivity index is 2.24. The number of aliphatic hydroxyl groups is 1. The summed E-state index contributed by atoms with van der Waals surface area (Å²) in [5.41, 5.74) is 2.91. The maximum Gasteiger partial charge on any atom is 0.128 e. The van der Waals surface area contributed by atoms with E-state index in [2.05, 4.69) is 4.98 Å². The molecule has 2 aromatic heterocycles. The van der Waals surface area contributed by atoms with Crippen molar-refractivity contribution in [2.45, 2.75) is 26.4 Å². The van der Waals surface area contributed by atoms with Gasteiger partial charge in [-0.15, -0.1) is 11.3 Å². The molecule has 0 fully saturated rings. The molecule has 0 saturated carbocycles. The summed E-state index contributed by atoms with van der Waals surface area (Å²) in [6.45, 7) is 3.95. The first-order valence-corrected chi connectivity index (χ1v) is 6.72. The van der Waals surface area contributed by atoms with E-state index in [-0.39, 0.29) is 0 Å². The summed E-state index contributed by atoms with van der Waals surface area (Å²) < 4.78 is 5.37. The minimum Gasteiger partial charge on any atom is -0.496 e. The molecule has 0 aliphatic carbocycles. The highest BCUT2D eigenvalue weighted by Crippen LogP contribution is 2.28. The molecular weight excluding hydrogens is 246 g/mol. The number of aryl methyl sites for hydroxylation is 1. The summed E-state index contributed by atoms with van der Waals surface area (Å²) in [4.78, 5) is 5.37. The van der Waals surface area contributed by atoms with Crippen molar-refractivity contribution < 1.29 is 9.84 Å². The Morgan fingerprint density at radius 2 is 2.22 bits per heavy atom. The average Bonchev–Trinajstić information content (AvgIpc) is 2.87. The van der Waals surface area contributed by atoms with Crippen molar-refractivity contribution in [2.24, 2.45) is 0 Å². The largest absolute Gasteiger partial charge is 0.496 e. The molecule has 96 valence electrons. The third-order valence-corrected chi connectivity index (χ3v) is 3.98. The fraction of sp³-hybridized carbons (Fsp3) is 0.357. The number of pyridine rings is 1. The molecule has 2 aromatic rings. The van der Waals surface area contributed by atoms with Crippen LogP contribution in [-0.2, 0) is 6.42 Å². The van der Waals surface area contributed by atoms with Crippen LogP contribution in [0.15, 0.2) is 23.7 Å². The molecule has 0 spiro atoms. The third kappa shape index (κ3) is 2.54. The van der Waals surface area contributed by atoms with Crippen LogP contribution >= 0.6 is 11.3 Å². The summed E-state index contributed by atoms with van der Waals surface area (Å²) in [6.07, 6.45) is 1.81. The zero-order valence-electron chi connectivity index (χ0n) is 10.8. The average molecular weight is 263 g/mol. The smallest absolute Gasteiger partial charge is 0.128 e. The van der Waals surface area contributed by atoms with Crippen molar-refractivity contribution in [3.05, 3.63) is 45.4 Å². The lowest BCUT2D eigenvalue weighted by molar-refractivity contribution is 0.180. The first-order valence-electron chi connectivity index (χ1n) is 5.84. The van der Waals surface area contributed by atoms with Crippen molar-refractivity contribution in [1.82, 2.24) is 4.98 Å². The van der Waals surface area contributed by atoms with E-state index in [1.54, 1.807) is 24.6 Å². The molecule has 0 aliphatic heterocycles.